The van der Waals surface area contributed by atoms with Gasteiger partial charge < -0.3 is 14.8 Å². The van der Waals surface area contributed by atoms with Crippen LogP contribution in [0.15, 0.2) is 0 Å². The highest BCUT2D eigenvalue weighted by atomic mass is 16.5. The van der Waals surface area contributed by atoms with Crippen molar-refractivity contribution in [1.29, 1.82) is 0 Å². The molecule has 1 saturated heterocycles. The lowest BCUT2D eigenvalue weighted by Crippen LogP contribution is -2.37. The molecule has 84 valence electrons. The predicted octanol–water partition coefficient (Wildman–Crippen LogP) is 1.57. The van der Waals surface area contributed by atoms with Crippen molar-refractivity contribution in [1.82, 2.24) is 5.32 Å². The van der Waals surface area contributed by atoms with Gasteiger partial charge in [0.25, 0.3) is 0 Å². The summed E-state index contributed by atoms with van der Waals surface area (Å²) in [7, 11) is 1.74. The molecule has 14 heavy (non-hydrogen) atoms. The lowest BCUT2D eigenvalue weighted by molar-refractivity contribution is 0.0937. The van der Waals surface area contributed by atoms with E-state index in [2.05, 4.69) is 5.32 Å². The third-order valence-corrected chi connectivity index (χ3v) is 2.62. The van der Waals surface area contributed by atoms with Crippen molar-refractivity contribution in [2.75, 3.05) is 33.5 Å². The van der Waals surface area contributed by atoms with Gasteiger partial charge in [0.1, 0.15) is 0 Å². The maximum atomic E-state index is 5.60. The molecule has 0 spiro atoms. The van der Waals surface area contributed by atoms with E-state index in [9.17, 15) is 0 Å². The Labute approximate surface area is 87.2 Å². The average molecular weight is 201 g/mol. The minimum absolute atomic E-state index is 0.603. The lowest BCUT2D eigenvalue weighted by Gasteiger charge is -2.23. The van der Waals surface area contributed by atoms with Crippen molar-refractivity contribution in [3.63, 3.8) is 0 Å². The molecule has 0 aromatic carbocycles. The van der Waals surface area contributed by atoms with Crippen LogP contribution in [-0.2, 0) is 9.47 Å². The summed E-state index contributed by atoms with van der Waals surface area (Å²) in [4.78, 5) is 0. The Morgan fingerprint density at radius 3 is 2.79 bits per heavy atom. The van der Waals surface area contributed by atoms with Gasteiger partial charge in [0, 0.05) is 26.4 Å². The minimum atomic E-state index is 0.603. The molecule has 1 aliphatic heterocycles. The Bertz CT molecular complexity index is 124. The van der Waals surface area contributed by atoms with E-state index in [1.54, 1.807) is 7.11 Å². The Morgan fingerprint density at radius 1 is 1.21 bits per heavy atom. The molecule has 3 heteroatoms. The van der Waals surface area contributed by atoms with Crippen LogP contribution in [-0.4, -0.2) is 39.5 Å². The number of unbranched alkanes of at least 4 members (excludes halogenated alkanes) is 1. The zero-order chi connectivity index (χ0) is 10.1. The van der Waals surface area contributed by atoms with E-state index in [4.69, 9.17) is 9.47 Å². The second-order valence-electron chi connectivity index (χ2n) is 3.92. The molecule has 1 heterocycles. The number of piperidine rings is 1. The van der Waals surface area contributed by atoms with Crippen LogP contribution >= 0.6 is 0 Å². The van der Waals surface area contributed by atoms with E-state index in [1.807, 2.05) is 0 Å². The highest BCUT2D eigenvalue weighted by molar-refractivity contribution is 4.71. The fraction of sp³-hybridized carbons (Fsp3) is 1.00. The van der Waals surface area contributed by atoms with Crippen molar-refractivity contribution in [2.45, 2.75) is 38.1 Å². The number of methoxy groups -OCH3 is 1. The summed E-state index contributed by atoms with van der Waals surface area (Å²) < 4.78 is 10.6. The molecule has 0 saturated carbocycles. The molecular formula is C11H23NO2. The Hall–Kier alpha value is -0.120. The van der Waals surface area contributed by atoms with Crippen molar-refractivity contribution in [2.24, 2.45) is 0 Å². The van der Waals surface area contributed by atoms with Gasteiger partial charge in [-0.3, -0.25) is 0 Å². The zero-order valence-corrected chi connectivity index (χ0v) is 9.26. The fourth-order valence-corrected chi connectivity index (χ4v) is 1.74. The molecule has 0 bridgehead atoms. The van der Waals surface area contributed by atoms with Gasteiger partial charge in [-0.15, -0.1) is 0 Å². The Morgan fingerprint density at radius 2 is 2.07 bits per heavy atom. The van der Waals surface area contributed by atoms with E-state index >= 15 is 0 Å². The summed E-state index contributed by atoms with van der Waals surface area (Å²) in [6.45, 7) is 3.78. The van der Waals surface area contributed by atoms with Gasteiger partial charge in [-0.25, -0.2) is 0 Å². The van der Waals surface area contributed by atoms with Crippen LogP contribution in [0.4, 0.5) is 0 Å². The molecule has 0 aromatic heterocycles. The van der Waals surface area contributed by atoms with Gasteiger partial charge in [-0.05, 0) is 32.2 Å². The van der Waals surface area contributed by atoms with E-state index in [0.29, 0.717) is 6.04 Å². The smallest absolute Gasteiger partial charge is 0.0619 e. The summed E-state index contributed by atoms with van der Waals surface area (Å²) in [6.07, 6.45) is 6.17. The number of hydrogen-bond acceptors (Lipinski definition) is 3. The molecule has 1 unspecified atom stereocenters. The number of rotatable bonds is 7. The van der Waals surface area contributed by atoms with Crippen LogP contribution in [0.1, 0.15) is 32.1 Å². The summed E-state index contributed by atoms with van der Waals surface area (Å²) in [5.41, 5.74) is 0. The first-order valence-corrected chi connectivity index (χ1v) is 5.73. The molecule has 3 nitrogen and oxygen atoms in total. The third kappa shape index (κ3) is 5.58. The summed E-state index contributed by atoms with van der Waals surface area (Å²) in [6, 6.07) is 0.603. The second kappa shape index (κ2) is 8.21. The lowest BCUT2D eigenvalue weighted by atomic mass is 10.1. The van der Waals surface area contributed by atoms with E-state index in [1.165, 1.54) is 19.3 Å². The third-order valence-electron chi connectivity index (χ3n) is 2.62. The minimum Gasteiger partial charge on any atom is -0.385 e. The first-order valence-electron chi connectivity index (χ1n) is 5.73. The number of nitrogens with one attached hydrogen (secondary N) is 1. The molecule has 1 fully saturated rings. The quantitative estimate of drug-likeness (QED) is 0.634. The fourth-order valence-electron chi connectivity index (χ4n) is 1.74. The van der Waals surface area contributed by atoms with Gasteiger partial charge in [0.05, 0.1) is 6.61 Å². The van der Waals surface area contributed by atoms with Crippen LogP contribution in [0, 0.1) is 0 Å². The summed E-state index contributed by atoms with van der Waals surface area (Å²) in [5.74, 6) is 0. The van der Waals surface area contributed by atoms with Crippen molar-refractivity contribution in [3.8, 4) is 0 Å². The molecule has 1 aliphatic rings. The standard InChI is InChI=1S/C11H23NO2/c1-13-8-4-5-9-14-10-11-6-2-3-7-12-11/h11-12H,2-10H2,1H3. The molecule has 0 aromatic rings. The zero-order valence-electron chi connectivity index (χ0n) is 9.26. The SMILES string of the molecule is COCCCCOCC1CCCCN1. The highest BCUT2D eigenvalue weighted by Crippen LogP contribution is 2.07. The molecule has 1 rings (SSSR count). The predicted molar refractivity (Wildman–Crippen MR) is 57.6 cm³/mol. The monoisotopic (exact) mass is 201 g/mol. The van der Waals surface area contributed by atoms with Gasteiger partial charge >= 0.3 is 0 Å². The van der Waals surface area contributed by atoms with Gasteiger partial charge in [0.15, 0.2) is 0 Å². The molecule has 0 amide bonds. The largest absolute Gasteiger partial charge is 0.385 e. The van der Waals surface area contributed by atoms with Gasteiger partial charge in [0.2, 0.25) is 0 Å². The maximum Gasteiger partial charge on any atom is 0.0619 e. The first kappa shape index (κ1) is 12.0. The first-order chi connectivity index (χ1) is 6.93. The highest BCUT2D eigenvalue weighted by Gasteiger charge is 2.11. The van der Waals surface area contributed by atoms with Crippen LogP contribution in [0.3, 0.4) is 0 Å². The topological polar surface area (TPSA) is 30.5 Å². The summed E-state index contributed by atoms with van der Waals surface area (Å²) >= 11 is 0. The number of ether oxygens (including phenoxy) is 2. The second-order valence-corrected chi connectivity index (χ2v) is 3.92. The van der Waals surface area contributed by atoms with Crippen LogP contribution in [0.2, 0.25) is 0 Å². The molecule has 0 radical (unpaired) electrons. The van der Waals surface area contributed by atoms with Gasteiger partial charge in [-0.1, -0.05) is 6.42 Å². The van der Waals surface area contributed by atoms with Gasteiger partial charge in [-0.2, -0.15) is 0 Å². The number of hydrogen-bond donors (Lipinski definition) is 1. The maximum absolute atomic E-state index is 5.60. The van der Waals surface area contributed by atoms with Crippen LogP contribution in [0.25, 0.3) is 0 Å². The Balaban J connectivity index is 1.82. The van der Waals surface area contributed by atoms with Crippen LogP contribution in [0.5, 0.6) is 0 Å². The van der Waals surface area contributed by atoms with E-state index < -0.39 is 0 Å². The van der Waals surface area contributed by atoms with E-state index in [0.717, 1.165) is 39.2 Å². The van der Waals surface area contributed by atoms with Crippen molar-refractivity contribution in [3.05, 3.63) is 0 Å². The van der Waals surface area contributed by atoms with Crippen molar-refractivity contribution >= 4 is 0 Å². The molecule has 0 aliphatic carbocycles. The normalized spacial score (nSPS) is 22.5. The molecule has 1 atom stereocenters. The van der Waals surface area contributed by atoms with Crippen molar-refractivity contribution < 1.29 is 9.47 Å². The molecular weight excluding hydrogens is 178 g/mol. The van der Waals surface area contributed by atoms with Crippen LogP contribution < -0.4 is 5.32 Å². The molecule has 1 N–H and O–H groups in total. The average Bonchev–Trinajstić information content (AvgIpc) is 2.25. The summed E-state index contributed by atoms with van der Waals surface area (Å²) in [5, 5.41) is 3.47. The Kier molecular flexibility index (Phi) is 7.01. The van der Waals surface area contributed by atoms with E-state index in [-0.39, 0.29) is 0 Å².